The predicted octanol–water partition coefficient (Wildman–Crippen LogP) is 2.23. The molecule has 1 saturated carbocycles. The van der Waals surface area contributed by atoms with E-state index in [0.717, 1.165) is 30.6 Å². The highest BCUT2D eigenvalue weighted by Crippen LogP contribution is 2.33. The molecule has 0 amide bonds. The van der Waals surface area contributed by atoms with Crippen molar-refractivity contribution >= 4 is 0 Å². The highest BCUT2D eigenvalue weighted by Gasteiger charge is 2.28. The maximum atomic E-state index is 5.88. The normalized spacial score (nSPS) is 24.4. The Kier molecular flexibility index (Phi) is 2.48. The fourth-order valence-electron chi connectivity index (χ4n) is 2.37. The molecular formula is C12H15N3O2. The van der Waals surface area contributed by atoms with E-state index in [1.54, 1.807) is 6.26 Å². The average Bonchev–Trinajstić information content (AvgIpc) is 2.97. The highest BCUT2D eigenvalue weighted by atomic mass is 16.5. The lowest BCUT2D eigenvalue weighted by Crippen LogP contribution is -2.14. The van der Waals surface area contributed by atoms with Crippen molar-refractivity contribution in [3.63, 3.8) is 0 Å². The van der Waals surface area contributed by atoms with Gasteiger partial charge in [-0.05, 0) is 32.3 Å². The first-order valence-corrected chi connectivity index (χ1v) is 5.87. The zero-order valence-corrected chi connectivity index (χ0v) is 9.72. The SMILES string of the molecule is Cc1occc1-c1noc([C@@H]2CC[C@H](N)C2)n1. The summed E-state index contributed by atoms with van der Waals surface area (Å²) in [6.45, 7) is 1.89. The van der Waals surface area contributed by atoms with Gasteiger partial charge in [0.15, 0.2) is 0 Å². The number of aromatic nitrogens is 2. The minimum atomic E-state index is 0.269. The van der Waals surface area contributed by atoms with Crippen molar-refractivity contribution in [3.8, 4) is 11.4 Å². The minimum absolute atomic E-state index is 0.269. The number of nitrogens with two attached hydrogens (primary N) is 1. The van der Waals surface area contributed by atoms with Crippen LogP contribution in [0.2, 0.25) is 0 Å². The lowest BCUT2D eigenvalue weighted by atomic mass is 10.1. The summed E-state index contributed by atoms with van der Waals surface area (Å²) < 4.78 is 10.5. The van der Waals surface area contributed by atoms with Crippen LogP contribution in [0.4, 0.5) is 0 Å². The predicted molar refractivity (Wildman–Crippen MR) is 61.3 cm³/mol. The van der Waals surface area contributed by atoms with Crippen molar-refractivity contribution in [1.82, 2.24) is 10.1 Å². The Morgan fingerprint density at radius 2 is 2.29 bits per heavy atom. The third kappa shape index (κ3) is 1.86. The zero-order chi connectivity index (χ0) is 11.8. The van der Waals surface area contributed by atoms with E-state index in [1.807, 2.05) is 13.0 Å². The molecule has 1 aliphatic carbocycles. The number of furan rings is 1. The van der Waals surface area contributed by atoms with E-state index in [9.17, 15) is 0 Å². The molecular weight excluding hydrogens is 218 g/mol. The van der Waals surface area contributed by atoms with Gasteiger partial charge in [0.1, 0.15) is 5.76 Å². The molecule has 5 heteroatoms. The molecule has 3 rings (SSSR count). The van der Waals surface area contributed by atoms with Crippen molar-refractivity contribution in [2.45, 2.75) is 38.1 Å². The summed E-state index contributed by atoms with van der Waals surface area (Å²) in [5.74, 6) is 2.43. The quantitative estimate of drug-likeness (QED) is 0.860. The summed E-state index contributed by atoms with van der Waals surface area (Å²) in [6, 6.07) is 2.12. The molecule has 2 aromatic heterocycles. The molecule has 0 bridgehead atoms. The van der Waals surface area contributed by atoms with Gasteiger partial charge < -0.3 is 14.7 Å². The molecule has 5 nitrogen and oxygen atoms in total. The first kappa shape index (κ1) is 10.5. The first-order chi connectivity index (χ1) is 8.24. The third-order valence-corrected chi connectivity index (χ3v) is 3.36. The summed E-state index contributed by atoms with van der Waals surface area (Å²) in [5, 5.41) is 4.00. The first-order valence-electron chi connectivity index (χ1n) is 5.87. The van der Waals surface area contributed by atoms with Crippen LogP contribution in [0, 0.1) is 6.92 Å². The van der Waals surface area contributed by atoms with Gasteiger partial charge in [-0.25, -0.2) is 0 Å². The van der Waals surface area contributed by atoms with Crippen molar-refractivity contribution in [3.05, 3.63) is 24.0 Å². The molecule has 0 aliphatic heterocycles. The van der Waals surface area contributed by atoms with Crippen molar-refractivity contribution < 1.29 is 8.94 Å². The van der Waals surface area contributed by atoms with Crippen LogP contribution in [0.1, 0.15) is 36.8 Å². The van der Waals surface area contributed by atoms with E-state index in [2.05, 4.69) is 10.1 Å². The van der Waals surface area contributed by atoms with E-state index in [1.165, 1.54) is 0 Å². The molecule has 1 aliphatic rings. The van der Waals surface area contributed by atoms with Crippen LogP contribution in [0.3, 0.4) is 0 Å². The Hall–Kier alpha value is -1.62. The summed E-state index contributed by atoms with van der Waals surface area (Å²) >= 11 is 0. The largest absolute Gasteiger partial charge is 0.469 e. The van der Waals surface area contributed by atoms with E-state index < -0.39 is 0 Å². The second-order valence-electron chi connectivity index (χ2n) is 4.62. The third-order valence-electron chi connectivity index (χ3n) is 3.36. The van der Waals surface area contributed by atoms with Gasteiger partial charge in [0.2, 0.25) is 11.7 Å². The van der Waals surface area contributed by atoms with Crippen LogP contribution >= 0.6 is 0 Å². The average molecular weight is 233 g/mol. The van der Waals surface area contributed by atoms with Gasteiger partial charge >= 0.3 is 0 Å². The van der Waals surface area contributed by atoms with Crippen LogP contribution in [-0.2, 0) is 0 Å². The fraction of sp³-hybridized carbons (Fsp3) is 0.500. The summed E-state index contributed by atoms with van der Waals surface area (Å²) in [5.41, 5.74) is 6.77. The molecule has 0 radical (unpaired) electrons. The van der Waals surface area contributed by atoms with Crippen LogP contribution in [0.5, 0.6) is 0 Å². The van der Waals surface area contributed by atoms with Crippen LogP contribution in [0.25, 0.3) is 11.4 Å². The van der Waals surface area contributed by atoms with E-state index in [-0.39, 0.29) is 6.04 Å². The Labute approximate surface area is 99.0 Å². The van der Waals surface area contributed by atoms with Crippen molar-refractivity contribution in [1.29, 1.82) is 0 Å². The summed E-state index contributed by atoms with van der Waals surface area (Å²) in [4.78, 5) is 4.44. The van der Waals surface area contributed by atoms with Gasteiger partial charge in [0, 0.05) is 12.0 Å². The molecule has 0 spiro atoms. The molecule has 0 saturated heterocycles. The fourth-order valence-corrected chi connectivity index (χ4v) is 2.37. The van der Waals surface area contributed by atoms with Gasteiger partial charge in [-0.2, -0.15) is 4.98 Å². The molecule has 2 aromatic rings. The molecule has 2 N–H and O–H groups in total. The number of aryl methyl sites for hydroxylation is 1. The van der Waals surface area contributed by atoms with E-state index in [4.69, 9.17) is 14.7 Å². The Morgan fingerprint density at radius 3 is 2.94 bits per heavy atom. The Morgan fingerprint density at radius 1 is 1.41 bits per heavy atom. The van der Waals surface area contributed by atoms with Gasteiger partial charge in [-0.15, -0.1) is 0 Å². The minimum Gasteiger partial charge on any atom is -0.469 e. The summed E-state index contributed by atoms with van der Waals surface area (Å²) in [6.07, 6.45) is 4.64. The molecule has 90 valence electrons. The summed E-state index contributed by atoms with van der Waals surface area (Å²) in [7, 11) is 0. The van der Waals surface area contributed by atoms with Crippen LogP contribution in [-0.4, -0.2) is 16.2 Å². The van der Waals surface area contributed by atoms with Crippen molar-refractivity contribution in [2.75, 3.05) is 0 Å². The molecule has 2 heterocycles. The molecule has 2 atom stereocenters. The molecule has 0 aromatic carbocycles. The molecule has 17 heavy (non-hydrogen) atoms. The molecule has 1 fully saturated rings. The Balaban J connectivity index is 1.86. The van der Waals surface area contributed by atoms with E-state index in [0.29, 0.717) is 17.6 Å². The number of hydrogen-bond acceptors (Lipinski definition) is 5. The monoisotopic (exact) mass is 233 g/mol. The van der Waals surface area contributed by atoms with Gasteiger partial charge in [0.05, 0.1) is 11.8 Å². The maximum absolute atomic E-state index is 5.88. The lowest BCUT2D eigenvalue weighted by Gasteiger charge is -2.01. The van der Waals surface area contributed by atoms with Crippen LogP contribution in [0.15, 0.2) is 21.3 Å². The zero-order valence-electron chi connectivity index (χ0n) is 9.72. The Bertz CT molecular complexity index is 517. The topological polar surface area (TPSA) is 78.1 Å². The van der Waals surface area contributed by atoms with E-state index >= 15 is 0 Å². The second-order valence-corrected chi connectivity index (χ2v) is 4.62. The smallest absolute Gasteiger partial charge is 0.230 e. The highest BCUT2D eigenvalue weighted by molar-refractivity contribution is 5.56. The van der Waals surface area contributed by atoms with Gasteiger partial charge in [0.25, 0.3) is 0 Å². The lowest BCUT2D eigenvalue weighted by molar-refractivity contribution is 0.353. The maximum Gasteiger partial charge on any atom is 0.230 e. The van der Waals surface area contributed by atoms with Gasteiger partial charge in [-0.3, -0.25) is 0 Å². The number of rotatable bonds is 2. The standard InChI is InChI=1S/C12H15N3O2/c1-7-10(4-5-16-7)11-14-12(17-15-11)8-2-3-9(13)6-8/h4-5,8-9H,2-3,6,13H2,1H3/t8-,9+/m1/s1. The molecule has 0 unspecified atom stereocenters. The van der Waals surface area contributed by atoms with Crippen LogP contribution < -0.4 is 5.73 Å². The number of nitrogens with zero attached hydrogens (tertiary/aromatic N) is 2. The van der Waals surface area contributed by atoms with Gasteiger partial charge in [-0.1, -0.05) is 5.16 Å². The second kappa shape index (κ2) is 4.00. The van der Waals surface area contributed by atoms with Crippen molar-refractivity contribution in [2.24, 2.45) is 5.73 Å². The number of hydrogen-bond donors (Lipinski definition) is 1.